The molecule has 9 heteroatoms. The van der Waals surface area contributed by atoms with Gasteiger partial charge in [-0.2, -0.15) is 13.4 Å². The van der Waals surface area contributed by atoms with Gasteiger partial charge in [-0.15, -0.1) is 3.89 Å². The van der Waals surface area contributed by atoms with E-state index in [-0.39, 0.29) is 18.2 Å². The second-order valence-corrected chi connectivity index (χ2v) is 5.34. The van der Waals surface area contributed by atoms with Gasteiger partial charge in [-0.05, 0) is 0 Å². The molecule has 2 rings (SSSR count). The molecule has 0 aliphatic carbocycles. The van der Waals surface area contributed by atoms with Crippen molar-refractivity contribution in [1.82, 2.24) is 9.97 Å². The van der Waals surface area contributed by atoms with Crippen molar-refractivity contribution < 1.29 is 21.8 Å². The monoisotopic (exact) mass is 275 g/mol. The van der Waals surface area contributed by atoms with E-state index in [9.17, 15) is 17.1 Å². The minimum absolute atomic E-state index is 0.144. The van der Waals surface area contributed by atoms with Crippen molar-refractivity contribution in [3.05, 3.63) is 12.4 Å². The molecule has 1 aromatic rings. The number of anilines is 1. The summed E-state index contributed by atoms with van der Waals surface area (Å²) in [7, 11) is -3.35. The van der Waals surface area contributed by atoms with Crippen molar-refractivity contribution in [2.24, 2.45) is 0 Å². The van der Waals surface area contributed by atoms with E-state index in [1.807, 2.05) is 0 Å². The second kappa shape index (κ2) is 4.48. The van der Waals surface area contributed by atoms with E-state index in [1.54, 1.807) is 0 Å². The fourth-order valence-electron chi connectivity index (χ4n) is 1.65. The van der Waals surface area contributed by atoms with Crippen LogP contribution in [0.5, 0.6) is 5.88 Å². The molecular formula is C9H10FN3O4S. The first-order valence-electron chi connectivity index (χ1n) is 5.01. The van der Waals surface area contributed by atoms with Gasteiger partial charge in [-0.3, -0.25) is 14.7 Å². The van der Waals surface area contributed by atoms with Crippen LogP contribution < -0.4 is 9.64 Å². The van der Waals surface area contributed by atoms with Crippen LogP contribution in [0.15, 0.2) is 12.4 Å². The lowest BCUT2D eigenvalue weighted by atomic mass is 10.4. The Morgan fingerprint density at radius 2 is 2.22 bits per heavy atom. The molecule has 0 aromatic carbocycles. The zero-order chi connectivity index (χ0) is 13.3. The number of hydrogen-bond acceptors (Lipinski definition) is 6. The van der Waals surface area contributed by atoms with Crippen molar-refractivity contribution in [3.8, 4) is 5.88 Å². The molecule has 1 amide bonds. The molecule has 0 N–H and O–H groups in total. The van der Waals surface area contributed by atoms with E-state index in [0.717, 1.165) is 4.90 Å². The van der Waals surface area contributed by atoms with E-state index in [4.69, 9.17) is 4.74 Å². The van der Waals surface area contributed by atoms with Crippen molar-refractivity contribution in [2.45, 2.75) is 11.7 Å². The van der Waals surface area contributed by atoms with Gasteiger partial charge in [-0.1, -0.05) is 0 Å². The molecule has 1 unspecified atom stereocenters. The molecule has 0 saturated carbocycles. The Morgan fingerprint density at radius 1 is 1.50 bits per heavy atom. The number of amides is 1. The van der Waals surface area contributed by atoms with Crippen molar-refractivity contribution >= 4 is 21.9 Å². The third-order valence-electron chi connectivity index (χ3n) is 2.57. The number of carbonyl (C=O) groups excluding carboxylic acids is 1. The quantitative estimate of drug-likeness (QED) is 0.715. The maximum Gasteiger partial charge on any atom is 0.307 e. The Labute approximate surface area is 103 Å². The van der Waals surface area contributed by atoms with E-state index in [1.165, 1.54) is 19.5 Å². The first kappa shape index (κ1) is 12.7. The second-order valence-electron chi connectivity index (χ2n) is 3.73. The van der Waals surface area contributed by atoms with E-state index in [2.05, 4.69) is 9.97 Å². The molecule has 18 heavy (non-hydrogen) atoms. The van der Waals surface area contributed by atoms with Gasteiger partial charge in [0.25, 0.3) is 0 Å². The molecule has 2 heterocycles. The molecule has 0 bridgehead atoms. The lowest BCUT2D eigenvalue weighted by molar-refractivity contribution is -0.117. The Kier molecular flexibility index (Phi) is 3.16. The number of carbonyl (C=O) groups is 1. The van der Waals surface area contributed by atoms with Crippen LogP contribution in [-0.4, -0.2) is 43.2 Å². The Bertz CT molecular complexity index is 577. The van der Waals surface area contributed by atoms with Crippen LogP contribution >= 0.6 is 0 Å². The van der Waals surface area contributed by atoms with Gasteiger partial charge in [0.1, 0.15) is 5.25 Å². The molecule has 0 spiro atoms. The van der Waals surface area contributed by atoms with Crippen molar-refractivity contribution in [2.75, 3.05) is 18.6 Å². The summed E-state index contributed by atoms with van der Waals surface area (Å²) in [6, 6.07) is 0. The molecule has 1 saturated heterocycles. The lowest BCUT2D eigenvalue weighted by Crippen LogP contribution is -2.27. The number of nitrogens with zero attached hydrogens (tertiary/aromatic N) is 3. The summed E-state index contributed by atoms with van der Waals surface area (Å²) in [5, 5.41) is -1.35. The fraction of sp³-hybridized carbons (Fsp3) is 0.444. The van der Waals surface area contributed by atoms with Crippen LogP contribution in [0.4, 0.5) is 9.70 Å². The first-order valence-corrected chi connectivity index (χ1v) is 6.46. The minimum Gasteiger partial charge on any atom is -0.480 e. The van der Waals surface area contributed by atoms with Crippen molar-refractivity contribution in [3.63, 3.8) is 0 Å². The Hall–Kier alpha value is -1.77. The summed E-state index contributed by atoms with van der Waals surface area (Å²) in [4.78, 5) is 20.4. The van der Waals surface area contributed by atoms with Crippen molar-refractivity contribution in [1.29, 1.82) is 0 Å². The average Bonchev–Trinajstić information content (AvgIpc) is 2.71. The van der Waals surface area contributed by atoms with Crippen LogP contribution in [0, 0.1) is 0 Å². The smallest absolute Gasteiger partial charge is 0.307 e. The molecule has 1 aliphatic rings. The topological polar surface area (TPSA) is 89.5 Å². The van der Waals surface area contributed by atoms with Gasteiger partial charge in [0, 0.05) is 13.0 Å². The summed E-state index contributed by atoms with van der Waals surface area (Å²) >= 11 is 0. The third-order valence-corrected chi connectivity index (χ3v) is 3.69. The highest BCUT2D eigenvalue weighted by atomic mass is 32.3. The molecule has 1 aliphatic heterocycles. The highest BCUT2D eigenvalue weighted by molar-refractivity contribution is 7.87. The predicted octanol–water partition coefficient (Wildman–Crippen LogP) is -0.110. The first-order chi connectivity index (χ1) is 8.41. The highest BCUT2D eigenvalue weighted by Gasteiger charge is 2.39. The summed E-state index contributed by atoms with van der Waals surface area (Å²) < 4.78 is 39.2. The number of methoxy groups -OCH3 is 1. The summed E-state index contributed by atoms with van der Waals surface area (Å²) in [5.74, 6) is -0.180. The average molecular weight is 275 g/mol. The van der Waals surface area contributed by atoms with E-state index >= 15 is 0 Å². The molecule has 1 atom stereocenters. The molecule has 1 fully saturated rings. The van der Waals surface area contributed by atoms with Gasteiger partial charge in [0.2, 0.25) is 11.8 Å². The zero-order valence-electron chi connectivity index (χ0n) is 9.41. The van der Waals surface area contributed by atoms with Crippen LogP contribution in [0.1, 0.15) is 6.42 Å². The van der Waals surface area contributed by atoms with Gasteiger partial charge < -0.3 is 4.74 Å². The summed E-state index contributed by atoms with van der Waals surface area (Å²) in [6.45, 7) is -0.264. The van der Waals surface area contributed by atoms with Gasteiger partial charge >= 0.3 is 10.2 Å². The number of ether oxygens (including phenoxy) is 1. The molecule has 98 valence electrons. The Balaban J connectivity index is 2.27. The number of rotatable bonds is 3. The minimum atomic E-state index is -4.73. The largest absolute Gasteiger partial charge is 0.480 e. The predicted molar refractivity (Wildman–Crippen MR) is 59.4 cm³/mol. The molecular weight excluding hydrogens is 265 g/mol. The van der Waals surface area contributed by atoms with Gasteiger partial charge in [0.15, 0.2) is 5.82 Å². The van der Waals surface area contributed by atoms with Crippen LogP contribution in [0.3, 0.4) is 0 Å². The van der Waals surface area contributed by atoms with E-state index in [0.29, 0.717) is 0 Å². The third kappa shape index (κ3) is 2.40. The number of hydrogen-bond donors (Lipinski definition) is 0. The van der Waals surface area contributed by atoms with Gasteiger partial charge in [0.05, 0.1) is 19.5 Å². The standard InChI is InChI=1S/C9H10FN3O4S/c1-17-8-4-11-3-7(12-8)13-5-6(2-9(13)14)18(10,15)16/h3-4,6H,2,5H2,1H3. The fourth-order valence-corrected chi connectivity index (χ4v) is 2.32. The van der Waals surface area contributed by atoms with Gasteiger partial charge in [-0.25, -0.2) is 0 Å². The number of halogens is 1. The maximum absolute atomic E-state index is 12.8. The zero-order valence-corrected chi connectivity index (χ0v) is 10.2. The summed E-state index contributed by atoms with van der Waals surface area (Å²) in [6.07, 6.45) is 2.23. The molecule has 1 aromatic heterocycles. The van der Waals surface area contributed by atoms with E-state index < -0.39 is 27.8 Å². The molecule has 0 radical (unpaired) electrons. The Morgan fingerprint density at radius 3 is 2.78 bits per heavy atom. The van der Waals surface area contributed by atoms with Crippen LogP contribution in [0.25, 0.3) is 0 Å². The highest BCUT2D eigenvalue weighted by Crippen LogP contribution is 2.24. The van der Waals surface area contributed by atoms with Crippen LogP contribution in [0.2, 0.25) is 0 Å². The SMILES string of the molecule is COc1cncc(N2CC(S(=O)(=O)F)CC2=O)n1. The maximum atomic E-state index is 12.8. The van der Waals surface area contributed by atoms with Crippen LogP contribution in [-0.2, 0) is 15.0 Å². The lowest BCUT2D eigenvalue weighted by Gasteiger charge is -2.14. The number of aromatic nitrogens is 2. The molecule has 7 nitrogen and oxygen atoms in total. The normalized spacial score (nSPS) is 20.2. The summed E-state index contributed by atoms with van der Waals surface area (Å²) in [5.41, 5.74) is 0.